The van der Waals surface area contributed by atoms with Gasteiger partial charge in [0.25, 0.3) is 0 Å². The number of nitrogens with one attached hydrogen (secondary N) is 1. The number of aryl methyl sites for hydroxylation is 2. The van der Waals surface area contributed by atoms with Crippen molar-refractivity contribution in [2.24, 2.45) is 0 Å². The first-order chi connectivity index (χ1) is 9.99. The van der Waals surface area contributed by atoms with Gasteiger partial charge < -0.3 is 0 Å². The number of aromatic nitrogens is 2. The molecule has 0 unspecified atom stereocenters. The van der Waals surface area contributed by atoms with Gasteiger partial charge in [0, 0.05) is 11.4 Å². The minimum atomic E-state index is -0.561. The maximum Gasteiger partial charge on any atom is 0.237 e. The molecule has 4 nitrogen and oxygen atoms in total. The average Bonchev–Trinajstić information content (AvgIpc) is 3.19. The maximum atomic E-state index is 13.0. The molecule has 21 heavy (non-hydrogen) atoms. The molecule has 0 saturated heterocycles. The molecule has 1 N–H and O–H groups in total. The van der Waals surface area contributed by atoms with Gasteiger partial charge in [-0.25, -0.2) is 14.4 Å². The van der Waals surface area contributed by atoms with Crippen molar-refractivity contribution in [3.8, 4) is 0 Å². The van der Waals surface area contributed by atoms with Crippen molar-refractivity contribution in [2.75, 3.05) is 5.32 Å². The molecule has 1 heterocycles. The van der Waals surface area contributed by atoms with Gasteiger partial charge in [-0.3, -0.25) is 10.1 Å². The highest BCUT2D eigenvalue weighted by molar-refractivity contribution is 6.00. The number of rotatable bonds is 3. The Labute approximate surface area is 122 Å². The number of halogens is 1. The smallest absolute Gasteiger partial charge is 0.237 e. The van der Waals surface area contributed by atoms with Gasteiger partial charge in [0.05, 0.1) is 5.41 Å². The Morgan fingerprint density at radius 1 is 1.14 bits per heavy atom. The summed E-state index contributed by atoms with van der Waals surface area (Å²) in [6.45, 7) is 3.72. The van der Waals surface area contributed by atoms with E-state index in [1.54, 1.807) is 12.1 Å². The Morgan fingerprint density at radius 2 is 1.71 bits per heavy atom. The van der Waals surface area contributed by atoms with Crippen LogP contribution in [0.15, 0.2) is 30.3 Å². The third kappa shape index (κ3) is 2.63. The number of carbonyl (C=O) groups excluding carboxylic acids is 1. The van der Waals surface area contributed by atoms with E-state index < -0.39 is 5.41 Å². The molecule has 1 amide bonds. The molecule has 0 aliphatic heterocycles. The number of hydrogen-bond acceptors (Lipinski definition) is 3. The van der Waals surface area contributed by atoms with Crippen LogP contribution in [0.3, 0.4) is 0 Å². The largest absolute Gasteiger partial charge is 0.294 e. The monoisotopic (exact) mass is 285 g/mol. The Balaban J connectivity index is 1.83. The van der Waals surface area contributed by atoms with Crippen LogP contribution in [-0.2, 0) is 10.2 Å². The first kappa shape index (κ1) is 13.7. The average molecular weight is 285 g/mol. The summed E-state index contributed by atoms with van der Waals surface area (Å²) in [6.07, 6.45) is 1.52. The highest BCUT2D eigenvalue weighted by Crippen LogP contribution is 2.48. The molecule has 1 fully saturated rings. The van der Waals surface area contributed by atoms with Crippen molar-refractivity contribution in [1.29, 1.82) is 0 Å². The lowest BCUT2D eigenvalue weighted by Crippen LogP contribution is -2.28. The van der Waals surface area contributed by atoms with E-state index in [0.717, 1.165) is 29.8 Å². The molecule has 5 heteroatoms. The number of carbonyl (C=O) groups is 1. The van der Waals surface area contributed by atoms with Crippen LogP contribution in [0.5, 0.6) is 0 Å². The summed E-state index contributed by atoms with van der Waals surface area (Å²) >= 11 is 0. The van der Waals surface area contributed by atoms with E-state index in [1.807, 2.05) is 19.9 Å². The molecule has 0 spiro atoms. The predicted octanol–water partition coefficient (Wildman–Crippen LogP) is 2.90. The Hall–Kier alpha value is -2.30. The van der Waals surface area contributed by atoms with Crippen LogP contribution < -0.4 is 5.32 Å². The highest BCUT2D eigenvalue weighted by Gasteiger charge is 2.51. The van der Waals surface area contributed by atoms with E-state index in [4.69, 9.17) is 0 Å². The van der Waals surface area contributed by atoms with E-state index in [9.17, 15) is 9.18 Å². The fraction of sp³-hybridized carbons (Fsp3) is 0.312. The van der Waals surface area contributed by atoms with Crippen LogP contribution in [0, 0.1) is 19.7 Å². The fourth-order valence-corrected chi connectivity index (χ4v) is 2.54. The lowest BCUT2D eigenvalue weighted by atomic mass is 9.95. The van der Waals surface area contributed by atoms with Crippen molar-refractivity contribution in [1.82, 2.24) is 9.97 Å². The van der Waals surface area contributed by atoms with E-state index in [-0.39, 0.29) is 11.7 Å². The first-order valence-electron chi connectivity index (χ1n) is 6.89. The number of hydrogen-bond donors (Lipinski definition) is 1. The van der Waals surface area contributed by atoms with Gasteiger partial charge in [-0.2, -0.15) is 0 Å². The summed E-state index contributed by atoms with van der Waals surface area (Å²) in [4.78, 5) is 21.0. The van der Waals surface area contributed by atoms with Gasteiger partial charge in [0.1, 0.15) is 5.82 Å². The third-order valence-corrected chi connectivity index (χ3v) is 3.79. The molecule has 1 aliphatic rings. The van der Waals surface area contributed by atoms with Crippen LogP contribution in [-0.4, -0.2) is 15.9 Å². The molecule has 108 valence electrons. The quantitative estimate of drug-likeness (QED) is 0.943. The van der Waals surface area contributed by atoms with Crippen molar-refractivity contribution < 1.29 is 9.18 Å². The van der Waals surface area contributed by atoms with Crippen molar-refractivity contribution in [3.63, 3.8) is 0 Å². The lowest BCUT2D eigenvalue weighted by Gasteiger charge is -2.15. The molecule has 2 aromatic rings. The van der Waals surface area contributed by atoms with Gasteiger partial charge in [0.2, 0.25) is 11.9 Å². The van der Waals surface area contributed by atoms with Crippen molar-refractivity contribution in [3.05, 3.63) is 53.1 Å². The molecule has 1 aromatic carbocycles. The number of amides is 1. The van der Waals surface area contributed by atoms with Gasteiger partial charge in [-0.1, -0.05) is 12.1 Å². The summed E-state index contributed by atoms with van der Waals surface area (Å²) in [6, 6.07) is 7.96. The second-order valence-electron chi connectivity index (χ2n) is 5.52. The minimum Gasteiger partial charge on any atom is -0.294 e. The SMILES string of the molecule is Cc1cc(C)nc(NC(=O)C2(c3ccc(F)cc3)CC2)n1. The zero-order valence-corrected chi connectivity index (χ0v) is 12.0. The second kappa shape index (κ2) is 4.91. The molecule has 0 atom stereocenters. The normalized spacial score (nSPS) is 15.6. The van der Waals surface area contributed by atoms with Gasteiger partial charge in [0.15, 0.2) is 0 Å². The van der Waals surface area contributed by atoms with Crippen molar-refractivity contribution >= 4 is 11.9 Å². The fourth-order valence-electron chi connectivity index (χ4n) is 2.54. The third-order valence-electron chi connectivity index (χ3n) is 3.79. The number of nitrogens with zero attached hydrogens (tertiary/aromatic N) is 2. The van der Waals surface area contributed by atoms with Crippen LogP contribution in [0.25, 0.3) is 0 Å². The lowest BCUT2D eigenvalue weighted by molar-refractivity contribution is -0.118. The van der Waals surface area contributed by atoms with Gasteiger partial charge in [-0.15, -0.1) is 0 Å². The van der Waals surface area contributed by atoms with E-state index in [1.165, 1.54) is 12.1 Å². The molecule has 1 aliphatic carbocycles. The molecule has 0 bridgehead atoms. The van der Waals surface area contributed by atoms with E-state index >= 15 is 0 Å². The topological polar surface area (TPSA) is 54.9 Å². The highest BCUT2D eigenvalue weighted by atomic mass is 19.1. The summed E-state index contributed by atoms with van der Waals surface area (Å²) < 4.78 is 13.0. The molecule has 1 aromatic heterocycles. The molecular formula is C16H16FN3O. The Bertz CT molecular complexity index is 673. The first-order valence-corrected chi connectivity index (χ1v) is 6.89. The minimum absolute atomic E-state index is 0.126. The van der Waals surface area contributed by atoms with Gasteiger partial charge in [-0.05, 0) is 50.5 Å². The summed E-state index contributed by atoms with van der Waals surface area (Å²) in [5.41, 5.74) is 1.90. The molecular weight excluding hydrogens is 269 g/mol. The second-order valence-corrected chi connectivity index (χ2v) is 5.52. The number of benzene rings is 1. The van der Waals surface area contributed by atoms with E-state index in [2.05, 4.69) is 15.3 Å². The van der Waals surface area contributed by atoms with Crippen LogP contribution in [0.2, 0.25) is 0 Å². The van der Waals surface area contributed by atoms with E-state index in [0.29, 0.717) is 5.95 Å². The molecule has 0 radical (unpaired) electrons. The van der Waals surface area contributed by atoms with Gasteiger partial charge >= 0.3 is 0 Å². The zero-order chi connectivity index (χ0) is 15.0. The predicted molar refractivity (Wildman–Crippen MR) is 77.4 cm³/mol. The summed E-state index contributed by atoms with van der Waals surface area (Å²) in [5.74, 6) is -0.0994. The standard InChI is InChI=1S/C16H16FN3O/c1-10-9-11(2)19-15(18-10)20-14(21)16(7-8-16)12-3-5-13(17)6-4-12/h3-6,9H,7-8H2,1-2H3,(H,18,19,20,21). The Kier molecular flexibility index (Phi) is 3.20. The Morgan fingerprint density at radius 3 is 2.24 bits per heavy atom. The summed E-state index contributed by atoms with van der Waals surface area (Å²) in [7, 11) is 0. The van der Waals surface area contributed by atoms with Crippen molar-refractivity contribution in [2.45, 2.75) is 32.1 Å². The molecule has 1 saturated carbocycles. The number of anilines is 1. The van der Waals surface area contributed by atoms with Crippen LogP contribution in [0.1, 0.15) is 29.8 Å². The zero-order valence-electron chi connectivity index (χ0n) is 12.0. The molecule has 3 rings (SSSR count). The maximum absolute atomic E-state index is 13.0. The van der Waals surface area contributed by atoms with Crippen LogP contribution in [0.4, 0.5) is 10.3 Å². The summed E-state index contributed by atoms with van der Waals surface area (Å²) in [5, 5.41) is 2.78. The van der Waals surface area contributed by atoms with Crippen LogP contribution >= 0.6 is 0 Å².